The third-order valence-corrected chi connectivity index (χ3v) is 13.4. The van der Waals surface area contributed by atoms with Gasteiger partial charge in [0.2, 0.25) is 0 Å². The molecule has 2 rings (SSSR count). The Labute approximate surface area is 419 Å². The summed E-state index contributed by atoms with van der Waals surface area (Å²) < 4.78 is 56.6. The molecule has 0 saturated carbocycles. The maximum atomic E-state index is 12.8. The quantitative estimate of drug-likeness (QED) is 0.0117. The number of unbranched alkanes of at least 4 members (excludes halogenated alkanes) is 12. The summed E-state index contributed by atoms with van der Waals surface area (Å²) in [5.74, 6) is -1.43. The molecule has 0 amide bonds. The lowest BCUT2D eigenvalue weighted by molar-refractivity contribution is -0.161. The average molecular weight is 1040 g/mol. The highest BCUT2D eigenvalue weighted by atomic mass is 31.3. The highest BCUT2D eigenvalue weighted by Gasteiger charge is 2.46. The molecular weight excluding hydrogens is 961 g/mol. The van der Waals surface area contributed by atoms with E-state index < -0.39 is 89.8 Å². The van der Waals surface area contributed by atoms with Crippen molar-refractivity contribution in [1.29, 1.82) is 0 Å². The zero-order chi connectivity index (χ0) is 52.2. The van der Waals surface area contributed by atoms with Gasteiger partial charge in [0.25, 0.3) is 0 Å². The number of carbonyl (C=O) groups excluding carboxylic acids is 2. The Morgan fingerprint density at radius 3 is 1.99 bits per heavy atom. The van der Waals surface area contributed by atoms with E-state index in [2.05, 4.69) is 53.5 Å². The van der Waals surface area contributed by atoms with Crippen LogP contribution in [0.25, 0.3) is 0 Å². The van der Waals surface area contributed by atoms with E-state index in [4.69, 9.17) is 29.0 Å². The first kappa shape index (κ1) is 63.3. The van der Waals surface area contributed by atoms with Crippen molar-refractivity contribution in [3.05, 3.63) is 95.7 Å². The molecule has 1 aliphatic heterocycles. The Morgan fingerprint density at radius 1 is 0.746 bits per heavy atom. The van der Waals surface area contributed by atoms with Gasteiger partial charge < -0.3 is 45.1 Å². The third kappa shape index (κ3) is 30.7. The van der Waals surface area contributed by atoms with Crippen LogP contribution in [0.4, 0.5) is 5.82 Å². The van der Waals surface area contributed by atoms with Gasteiger partial charge in [0.1, 0.15) is 30.7 Å². The first-order chi connectivity index (χ1) is 34.1. The molecular formula is C50H81N3O16P2. The van der Waals surface area contributed by atoms with Crippen LogP contribution in [0.5, 0.6) is 0 Å². The fourth-order valence-electron chi connectivity index (χ4n) is 6.89. The molecule has 2 heterocycles. The summed E-state index contributed by atoms with van der Waals surface area (Å²) in [4.78, 5) is 61.8. The topological polar surface area (TPSA) is 286 Å². The smallest absolute Gasteiger partial charge is 0.462 e. The molecule has 0 aromatic carbocycles. The van der Waals surface area contributed by atoms with Crippen molar-refractivity contribution in [2.75, 3.05) is 25.6 Å². The Morgan fingerprint density at radius 2 is 1.32 bits per heavy atom. The zero-order valence-corrected chi connectivity index (χ0v) is 43.4. The summed E-state index contributed by atoms with van der Waals surface area (Å²) in [6.07, 6.45) is 34.4. The van der Waals surface area contributed by atoms with Gasteiger partial charge in [-0.2, -0.15) is 9.29 Å². The van der Waals surface area contributed by atoms with Crippen LogP contribution in [0, 0.1) is 0 Å². The molecule has 1 aromatic heterocycles. The van der Waals surface area contributed by atoms with E-state index in [1.54, 1.807) is 6.08 Å². The van der Waals surface area contributed by atoms with Crippen LogP contribution in [-0.2, 0) is 46.3 Å². The number of hydrogen-bond acceptors (Lipinski definition) is 16. The van der Waals surface area contributed by atoms with Gasteiger partial charge in [-0.25, -0.2) is 13.9 Å². The van der Waals surface area contributed by atoms with E-state index in [9.17, 15) is 48.6 Å². The summed E-state index contributed by atoms with van der Waals surface area (Å²) in [7, 11) is -10.9. The predicted octanol–water partition coefficient (Wildman–Crippen LogP) is 9.08. The number of aliphatic hydroxyl groups excluding tert-OH is 3. The van der Waals surface area contributed by atoms with Crippen molar-refractivity contribution >= 4 is 33.4 Å². The van der Waals surface area contributed by atoms with Crippen LogP contribution in [0.15, 0.2) is 90.0 Å². The van der Waals surface area contributed by atoms with Gasteiger partial charge in [-0.1, -0.05) is 132 Å². The van der Waals surface area contributed by atoms with E-state index in [0.717, 1.165) is 68.6 Å². The van der Waals surface area contributed by atoms with E-state index in [-0.39, 0.29) is 18.7 Å². The first-order valence-corrected chi connectivity index (χ1v) is 28.0. The van der Waals surface area contributed by atoms with Crippen molar-refractivity contribution in [2.45, 2.75) is 185 Å². The normalized spacial score (nSPS) is 20.2. The molecule has 19 nitrogen and oxygen atoms in total. The Kier molecular flexibility index (Phi) is 33.7. The number of phosphoric ester groups is 2. The number of phosphoric acid groups is 2. The van der Waals surface area contributed by atoms with Crippen LogP contribution in [0.1, 0.15) is 155 Å². The molecule has 1 aliphatic rings. The zero-order valence-electron chi connectivity index (χ0n) is 41.6. The maximum absolute atomic E-state index is 12.8. The summed E-state index contributed by atoms with van der Waals surface area (Å²) >= 11 is 0. The molecule has 2 unspecified atom stereocenters. The van der Waals surface area contributed by atoms with Gasteiger partial charge in [-0.15, -0.1) is 0 Å². The lowest BCUT2D eigenvalue weighted by Gasteiger charge is -2.21. The SMILES string of the molecule is CCCCC/C=C\C=C/[C@@H](O)C/C=C\C/C=C/CCCC(=O)OC[C@H](COP(=O)(O)OP(=O)(O)OC[C@H]1O[C@@H](n2ccc(N)nc2=O)[C@H](O)[C@@H]1O)OC(=O)CCCCCCC/C=C\C/C=C\CCCCC. The van der Waals surface area contributed by atoms with Crippen LogP contribution in [0.2, 0.25) is 0 Å². The number of aliphatic hydroxyl groups is 3. The first-order valence-electron chi connectivity index (χ1n) is 25.1. The molecule has 1 saturated heterocycles. The van der Waals surface area contributed by atoms with Gasteiger partial charge in [-0.3, -0.25) is 23.2 Å². The van der Waals surface area contributed by atoms with Crippen LogP contribution in [-0.4, -0.2) is 96.9 Å². The second-order valence-corrected chi connectivity index (χ2v) is 20.2. The van der Waals surface area contributed by atoms with Crippen molar-refractivity contribution in [2.24, 2.45) is 0 Å². The summed E-state index contributed by atoms with van der Waals surface area (Å²) in [6, 6.07) is 1.24. The standard InChI is InChI=1S/C50H81N3O16P2/c1-3-5-7-9-11-12-13-14-15-16-17-18-22-27-31-35-46(56)67-42(38-64-45(55)34-30-26-23-19-21-25-29-33-41(54)32-28-24-20-10-8-6-4-2)39-65-70(60,61)69-71(62,63)66-40-43-47(57)48(58)49(68-43)53-37-36-44(51)52-50(53)59/h11-12,14-15,19-20,23-25,28-29,32,36-37,41-43,47-49,54,57-58H,3-10,13,16-18,21-22,26-27,30-31,33-35,38-40H2,1-2H3,(H,60,61)(H,62,63)(H2,51,52,59)/b12-11-,15-14-,23-19+,24-20-,29-25-,32-28-/t41-,42-,43-,47-,48-,49-/m1/s1. The lowest BCUT2D eigenvalue weighted by Crippen LogP contribution is -2.36. The van der Waals surface area contributed by atoms with Gasteiger partial charge >= 0.3 is 33.3 Å². The number of hydrogen-bond donors (Lipinski definition) is 6. The van der Waals surface area contributed by atoms with Gasteiger partial charge in [0.15, 0.2) is 12.3 Å². The number of esters is 2. The van der Waals surface area contributed by atoms with Crippen molar-refractivity contribution < 1.29 is 71.4 Å². The summed E-state index contributed by atoms with van der Waals surface area (Å²) in [6.45, 7) is 1.94. The van der Waals surface area contributed by atoms with Gasteiger partial charge in [0, 0.05) is 19.0 Å². The lowest BCUT2D eigenvalue weighted by atomic mass is 10.1. The van der Waals surface area contributed by atoms with E-state index in [1.807, 2.05) is 36.5 Å². The minimum absolute atomic E-state index is 0.00598. The van der Waals surface area contributed by atoms with Crippen LogP contribution < -0.4 is 11.4 Å². The molecule has 8 atom stereocenters. The monoisotopic (exact) mass is 1040 g/mol. The molecule has 21 heteroatoms. The number of nitrogen functional groups attached to an aromatic ring is 1. The largest absolute Gasteiger partial charge is 0.481 e. The number of carbonyl (C=O) groups is 2. The highest BCUT2D eigenvalue weighted by molar-refractivity contribution is 7.61. The van der Waals surface area contributed by atoms with Crippen molar-refractivity contribution in [3.8, 4) is 0 Å². The van der Waals surface area contributed by atoms with Crippen molar-refractivity contribution in [3.63, 3.8) is 0 Å². The Hall–Kier alpha value is -3.84. The van der Waals surface area contributed by atoms with Crippen molar-refractivity contribution in [1.82, 2.24) is 9.55 Å². The van der Waals surface area contributed by atoms with Crippen LogP contribution >= 0.6 is 15.6 Å². The Bertz CT molecular complexity index is 1990. The summed E-state index contributed by atoms with van der Waals surface area (Å²) in [5, 5.41) is 31.0. The fraction of sp³-hybridized carbons (Fsp3) is 0.640. The van der Waals surface area contributed by atoms with E-state index in [1.165, 1.54) is 38.2 Å². The second-order valence-electron chi connectivity index (χ2n) is 17.2. The fourth-order valence-corrected chi connectivity index (χ4v) is 9.00. The van der Waals surface area contributed by atoms with Gasteiger partial charge in [-0.05, 0) is 83.1 Å². The molecule has 0 radical (unpaired) electrons. The van der Waals surface area contributed by atoms with E-state index >= 15 is 0 Å². The number of aromatic nitrogens is 2. The summed E-state index contributed by atoms with van der Waals surface area (Å²) in [5.41, 5.74) is 4.57. The molecule has 71 heavy (non-hydrogen) atoms. The molecule has 1 aromatic rings. The minimum atomic E-state index is -5.45. The number of ether oxygens (including phenoxy) is 3. The number of rotatable bonds is 40. The number of allylic oxidation sites excluding steroid dienone is 10. The highest BCUT2D eigenvalue weighted by Crippen LogP contribution is 2.60. The third-order valence-electron chi connectivity index (χ3n) is 10.8. The number of nitrogens with two attached hydrogens (primary N) is 1. The molecule has 0 bridgehead atoms. The van der Waals surface area contributed by atoms with Crippen LogP contribution in [0.3, 0.4) is 0 Å². The Balaban J connectivity index is 1.86. The molecule has 0 spiro atoms. The predicted molar refractivity (Wildman–Crippen MR) is 271 cm³/mol. The van der Waals surface area contributed by atoms with Gasteiger partial charge in [0.05, 0.1) is 19.3 Å². The van der Waals surface area contributed by atoms with E-state index in [0.29, 0.717) is 32.1 Å². The molecule has 402 valence electrons. The maximum Gasteiger partial charge on any atom is 0.481 e. The number of nitrogens with zero attached hydrogens (tertiary/aromatic N) is 2. The minimum Gasteiger partial charge on any atom is -0.462 e. The second kappa shape index (κ2) is 37.8. The number of anilines is 1. The molecule has 0 aliphatic carbocycles. The average Bonchev–Trinajstić information content (AvgIpc) is 3.60. The molecule has 1 fully saturated rings. The molecule has 7 N–H and O–H groups in total.